The van der Waals surface area contributed by atoms with Crippen LogP contribution in [0.15, 0.2) is 28.7 Å². The van der Waals surface area contributed by atoms with E-state index in [1.54, 1.807) is 26.0 Å². The molecule has 86 valence electrons. The molecule has 0 aromatic heterocycles. The van der Waals surface area contributed by atoms with Gasteiger partial charge in [-0.3, -0.25) is 0 Å². The number of hydrogen-bond donors (Lipinski definition) is 0. The van der Waals surface area contributed by atoms with Crippen LogP contribution >= 0.6 is 15.9 Å². The fourth-order valence-electron chi connectivity index (χ4n) is 1.19. The van der Waals surface area contributed by atoms with Gasteiger partial charge in [-0.2, -0.15) is 0 Å². The highest BCUT2D eigenvalue weighted by molar-refractivity contribution is 9.10. The molecule has 16 heavy (non-hydrogen) atoms. The molecule has 0 atom stereocenters. The molecule has 0 fully saturated rings. The van der Waals surface area contributed by atoms with Crippen LogP contribution in [0.3, 0.4) is 0 Å². The lowest BCUT2D eigenvalue weighted by Gasteiger charge is -2.03. The lowest BCUT2D eigenvalue weighted by Crippen LogP contribution is -2.00. The Morgan fingerprint density at radius 2 is 2.25 bits per heavy atom. The summed E-state index contributed by atoms with van der Waals surface area (Å²) in [6.07, 6.45) is 1.35. The van der Waals surface area contributed by atoms with E-state index in [0.717, 1.165) is 0 Å². The molecule has 1 aromatic rings. The zero-order chi connectivity index (χ0) is 12.1. The Morgan fingerprint density at radius 1 is 1.56 bits per heavy atom. The van der Waals surface area contributed by atoms with Gasteiger partial charge in [0.1, 0.15) is 5.82 Å². The van der Waals surface area contributed by atoms with Crippen molar-refractivity contribution in [3.05, 3.63) is 40.1 Å². The van der Waals surface area contributed by atoms with Gasteiger partial charge in [0, 0.05) is 6.08 Å². The third kappa shape index (κ3) is 3.45. The first-order chi connectivity index (χ1) is 7.54. The van der Waals surface area contributed by atoms with Crippen molar-refractivity contribution in [3.8, 4) is 0 Å². The van der Waals surface area contributed by atoms with Crippen molar-refractivity contribution in [2.75, 3.05) is 6.61 Å². The Kier molecular flexibility index (Phi) is 4.68. The van der Waals surface area contributed by atoms with Gasteiger partial charge in [-0.15, -0.1) is 0 Å². The van der Waals surface area contributed by atoms with E-state index in [1.807, 2.05) is 0 Å². The van der Waals surface area contributed by atoms with Gasteiger partial charge >= 0.3 is 5.97 Å². The molecule has 0 saturated carbocycles. The van der Waals surface area contributed by atoms with E-state index in [9.17, 15) is 9.18 Å². The monoisotopic (exact) mass is 286 g/mol. The van der Waals surface area contributed by atoms with Crippen LogP contribution < -0.4 is 0 Å². The highest BCUT2D eigenvalue weighted by atomic mass is 79.9. The molecule has 4 heteroatoms. The van der Waals surface area contributed by atoms with E-state index in [0.29, 0.717) is 22.2 Å². The van der Waals surface area contributed by atoms with Gasteiger partial charge < -0.3 is 4.74 Å². The molecule has 0 heterocycles. The quantitative estimate of drug-likeness (QED) is 0.627. The standard InChI is InChI=1S/C12H12BrFO2/c1-3-16-12(15)6-8(2)9-4-5-10(13)11(14)7-9/h4-7H,3H2,1-2H3/b8-6-. The van der Waals surface area contributed by atoms with E-state index in [1.165, 1.54) is 12.1 Å². The smallest absolute Gasteiger partial charge is 0.331 e. The van der Waals surface area contributed by atoms with Crippen LogP contribution in [-0.2, 0) is 9.53 Å². The number of carbonyl (C=O) groups is 1. The molecule has 0 N–H and O–H groups in total. The lowest BCUT2D eigenvalue weighted by atomic mass is 10.1. The minimum atomic E-state index is -0.414. The summed E-state index contributed by atoms with van der Waals surface area (Å²) in [4.78, 5) is 11.2. The van der Waals surface area contributed by atoms with Crippen LogP contribution in [-0.4, -0.2) is 12.6 Å². The fourth-order valence-corrected chi connectivity index (χ4v) is 1.43. The van der Waals surface area contributed by atoms with Crippen molar-refractivity contribution in [1.29, 1.82) is 0 Å². The fraction of sp³-hybridized carbons (Fsp3) is 0.250. The molecule has 0 unspecified atom stereocenters. The summed E-state index contributed by atoms with van der Waals surface area (Å²) in [6.45, 7) is 3.80. The maximum Gasteiger partial charge on any atom is 0.331 e. The lowest BCUT2D eigenvalue weighted by molar-refractivity contribution is -0.137. The van der Waals surface area contributed by atoms with Gasteiger partial charge in [-0.25, -0.2) is 9.18 Å². The minimum Gasteiger partial charge on any atom is -0.463 e. The largest absolute Gasteiger partial charge is 0.463 e. The van der Waals surface area contributed by atoms with Crippen LogP contribution in [0.1, 0.15) is 19.4 Å². The number of ether oxygens (including phenoxy) is 1. The van der Waals surface area contributed by atoms with Gasteiger partial charge in [0.2, 0.25) is 0 Å². The van der Waals surface area contributed by atoms with Crippen molar-refractivity contribution in [1.82, 2.24) is 0 Å². The Hall–Kier alpha value is -1.16. The molecule has 0 bridgehead atoms. The first-order valence-corrected chi connectivity index (χ1v) is 5.64. The first kappa shape index (κ1) is 12.9. The summed E-state index contributed by atoms with van der Waals surface area (Å²) in [5.74, 6) is -0.766. The number of hydrogen-bond acceptors (Lipinski definition) is 2. The molecule has 2 nitrogen and oxygen atoms in total. The average Bonchev–Trinajstić information content (AvgIpc) is 2.22. The van der Waals surface area contributed by atoms with Crippen LogP contribution in [0, 0.1) is 5.82 Å². The number of esters is 1. The SMILES string of the molecule is CCOC(=O)/C=C(/C)c1ccc(Br)c(F)c1. The second-order valence-corrected chi connectivity index (χ2v) is 4.06. The summed E-state index contributed by atoms with van der Waals surface area (Å²) in [6, 6.07) is 4.71. The number of halogens is 2. The topological polar surface area (TPSA) is 26.3 Å². The van der Waals surface area contributed by atoms with Gasteiger partial charge in [0.05, 0.1) is 11.1 Å². The van der Waals surface area contributed by atoms with E-state index in [4.69, 9.17) is 4.74 Å². The molecule has 1 aromatic carbocycles. The zero-order valence-electron chi connectivity index (χ0n) is 9.09. The molecule has 0 amide bonds. The molecular formula is C12H12BrFO2. The summed E-state index contributed by atoms with van der Waals surface area (Å²) in [5, 5.41) is 0. The van der Waals surface area contributed by atoms with Gasteiger partial charge in [0.25, 0.3) is 0 Å². The van der Waals surface area contributed by atoms with Crippen LogP contribution in [0.25, 0.3) is 5.57 Å². The number of carbonyl (C=O) groups excluding carboxylic acids is 1. The second-order valence-electron chi connectivity index (χ2n) is 3.21. The van der Waals surface area contributed by atoms with E-state index in [-0.39, 0.29) is 5.82 Å². The Labute approximate surface area is 102 Å². The van der Waals surface area contributed by atoms with Crippen LogP contribution in [0.2, 0.25) is 0 Å². The minimum absolute atomic E-state index is 0.331. The molecular weight excluding hydrogens is 275 g/mol. The van der Waals surface area contributed by atoms with Crippen molar-refractivity contribution in [2.45, 2.75) is 13.8 Å². The number of rotatable bonds is 3. The Bertz CT molecular complexity index is 427. The second kappa shape index (κ2) is 5.80. The summed E-state index contributed by atoms with van der Waals surface area (Å²) in [5.41, 5.74) is 1.33. The number of allylic oxidation sites excluding steroid dienone is 1. The summed E-state index contributed by atoms with van der Waals surface area (Å²) in [7, 11) is 0. The van der Waals surface area contributed by atoms with Gasteiger partial charge in [-0.05, 0) is 53.0 Å². The third-order valence-corrected chi connectivity index (χ3v) is 2.64. The highest BCUT2D eigenvalue weighted by Gasteiger charge is 2.04. The van der Waals surface area contributed by atoms with Crippen molar-refractivity contribution >= 4 is 27.5 Å². The summed E-state index contributed by atoms with van der Waals surface area (Å²) < 4.78 is 18.4. The Morgan fingerprint density at radius 3 is 2.81 bits per heavy atom. The third-order valence-electron chi connectivity index (χ3n) is 2.00. The predicted molar refractivity (Wildman–Crippen MR) is 64.4 cm³/mol. The van der Waals surface area contributed by atoms with Gasteiger partial charge in [-0.1, -0.05) is 6.07 Å². The number of benzene rings is 1. The molecule has 0 radical (unpaired) electrons. The molecule has 0 aliphatic rings. The molecule has 0 aliphatic heterocycles. The molecule has 0 spiro atoms. The zero-order valence-corrected chi connectivity index (χ0v) is 10.7. The maximum atomic E-state index is 13.2. The van der Waals surface area contributed by atoms with E-state index >= 15 is 0 Å². The summed E-state index contributed by atoms with van der Waals surface area (Å²) >= 11 is 3.07. The molecule has 0 aliphatic carbocycles. The first-order valence-electron chi connectivity index (χ1n) is 4.85. The van der Waals surface area contributed by atoms with Crippen molar-refractivity contribution in [3.63, 3.8) is 0 Å². The maximum absolute atomic E-state index is 13.2. The van der Waals surface area contributed by atoms with Crippen LogP contribution in [0.5, 0.6) is 0 Å². The normalized spacial score (nSPS) is 11.4. The van der Waals surface area contributed by atoms with E-state index in [2.05, 4.69) is 15.9 Å². The van der Waals surface area contributed by atoms with Crippen LogP contribution in [0.4, 0.5) is 4.39 Å². The average molecular weight is 287 g/mol. The highest BCUT2D eigenvalue weighted by Crippen LogP contribution is 2.21. The Balaban J connectivity index is 2.91. The van der Waals surface area contributed by atoms with Crippen molar-refractivity contribution < 1.29 is 13.9 Å². The predicted octanol–water partition coefficient (Wildman–Crippen LogP) is 3.55. The van der Waals surface area contributed by atoms with Crippen molar-refractivity contribution in [2.24, 2.45) is 0 Å². The van der Waals surface area contributed by atoms with E-state index < -0.39 is 5.97 Å². The molecule has 1 rings (SSSR count). The van der Waals surface area contributed by atoms with Gasteiger partial charge in [0.15, 0.2) is 0 Å². The molecule has 0 saturated heterocycles.